The first kappa shape index (κ1) is 21.8. The van der Waals surface area contributed by atoms with E-state index in [1.807, 2.05) is 31.2 Å². The van der Waals surface area contributed by atoms with E-state index in [1.54, 1.807) is 40.9 Å². The van der Waals surface area contributed by atoms with Crippen LogP contribution in [0.25, 0.3) is 5.65 Å². The van der Waals surface area contributed by atoms with Gasteiger partial charge >= 0.3 is 0 Å². The normalized spacial score (nSPS) is 12.4. The predicted octanol–water partition coefficient (Wildman–Crippen LogP) is 3.79. The Morgan fingerprint density at radius 2 is 1.79 bits per heavy atom. The molecule has 2 aromatic carbocycles. The van der Waals surface area contributed by atoms with Gasteiger partial charge in [0.2, 0.25) is 5.91 Å². The second kappa shape index (κ2) is 9.44. The minimum atomic E-state index is -0.242. The van der Waals surface area contributed by atoms with Crippen molar-refractivity contribution in [1.29, 1.82) is 0 Å². The lowest BCUT2D eigenvalue weighted by Crippen LogP contribution is -2.17. The third-order valence-corrected chi connectivity index (χ3v) is 6.01. The summed E-state index contributed by atoms with van der Waals surface area (Å²) in [6.45, 7) is 2.95. The molecule has 2 amide bonds. The minimum absolute atomic E-state index is 0.120. The molecule has 0 bridgehead atoms. The summed E-state index contributed by atoms with van der Waals surface area (Å²) in [4.78, 5) is 25.2. The van der Waals surface area contributed by atoms with E-state index in [-0.39, 0.29) is 17.6 Å². The quantitative estimate of drug-likeness (QED) is 0.409. The van der Waals surface area contributed by atoms with Crippen molar-refractivity contribution in [3.8, 4) is 11.5 Å². The highest BCUT2D eigenvalue weighted by Crippen LogP contribution is 2.32. The highest BCUT2D eigenvalue weighted by molar-refractivity contribution is 7.99. The number of thioether (sulfide) groups is 1. The molecule has 0 radical (unpaired) electrons. The van der Waals surface area contributed by atoms with Crippen LogP contribution in [0.4, 0.5) is 11.4 Å². The van der Waals surface area contributed by atoms with Crippen LogP contribution in [0.15, 0.2) is 66.0 Å². The number of hydrogen-bond donors (Lipinski definition) is 2. The molecule has 0 saturated heterocycles. The van der Waals surface area contributed by atoms with Crippen molar-refractivity contribution in [1.82, 2.24) is 14.6 Å². The number of fused-ring (bicyclic) bond motifs is 2. The van der Waals surface area contributed by atoms with E-state index >= 15 is 0 Å². The molecule has 1 aliphatic heterocycles. The maximum absolute atomic E-state index is 12.7. The van der Waals surface area contributed by atoms with Gasteiger partial charge in [-0.05, 0) is 48.9 Å². The molecule has 0 spiro atoms. The number of aromatic nitrogens is 3. The van der Waals surface area contributed by atoms with E-state index in [0.29, 0.717) is 46.8 Å². The summed E-state index contributed by atoms with van der Waals surface area (Å²) in [5, 5.41) is 14.5. The molecule has 1 aliphatic rings. The maximum atomic E-state index is 12.7. The molecule has 5 rings (SSSR count). The predicted molar refractivity (Wildman–Crippen MR) is 129 cm³/mol. The van der Waals surface area contributed by atoms with Crippen LogP contribution < -0.4 is 20.1 Å². The van der Waals surface area contributed by atoms with Crippen LogP contribution in [-0.2, 0) is 4.79 Å². The molecule has 2 N–H and O–H groups in total. The zero-order valence-electron chi connectivity index (χ0n) is 18.3. The van der Waals surface area contributed by atoms with Gasteiger partial charge in [0, 0.05) is 23.6 Å². The second-order valence-electron chi connectivity index (χ2n) is 7.65. The Labute approximate surface area is 199 Å². The number of carbonyl (C=O) groups is 2. The van der Waals surface area contributed by atoms with E-state index in [9.17, 15) is 9.59 Å². The number of hydrogen-bond acceptors (Lipinski definition) is 7. The van der Waals surface area contributed by atoms with Gasteiger partial charge < -0.3 is 20.1 Å². The first-order valence-electron chi connectivity index (χ1n) is 10.6. The van der Waals surface area contributed by atoms with E-state index in [1.165, 1.54) is 11.8 Å². The van der Waals surface area contributed by atoms with Crippen LogP contribution in [0.3, 0.4) is 0 Å². The van der Waals surface area contributed by atoms with Crippen molar-refractivity contribution in [2.24, 2.45) is 0 Å². The molecular formula is C24H21N5O4S. The summed E-state index contributed by atoms with van der Waals surface area (Å²) in [7, 11) is 0. The van der Waals surface area contributed by atoms with Gasteiger partial charge in [0.05, 0.1) is 11.3 Å². The lowest BCUT2D eigenvalue weighted by molar-refractivity contribution is -0.113. The van der Waals surface area contributed by atoms with Gasteiger partial charge in [0.25, 0.3) is 5.91 Å². The van der Waals surface area contributed by atoms with Gasteiger partial charge in [-0.3, -0.25) is 14.0 Å². The highest BCUT2D eigenvalue weighted by Gasteiger charge is 2.15. The molecule has 9 nitrogen and oxygen atoms in total. The van der Waals surface area contributed by atoms with Gasteiger partial charge in [-0.15, -0.1) is 10.2 Å². The van der Waals surface area contributed by atoms with E-state index in [4.69, 9.17) is 9.47 Å². The van der Waals surface area contributed by atoms with Crippen molar-refractivity contribution >= 4 is 40.6 Å². The average molecular weight is 476 g/mol. The first-order valence-corrected chi connectivity index (χ1v) is 11.6. The molecule has 10 heteroatoms. The number of nitrogens with zero attached hydrogens (tertiary/aromatic N) is 3. The fourth-order valence-corrected chi connectivity index (χ4v) is 4.19. The van der Waals surface area contributed by atoms with Crippen molar-refractivity contribution in [2.75, 3.05) is 29.6 Å². The lowest BCUT2D eigenvalue weighted by atomic mass is 10.2. The Morgan fingerprint density at radius 3 is 2.65 bits per heavy atom. The zero-order chi connectivity index (χ0) is 23.5. The average Bonchev–Trinajstić information content (AvgIpc) is 3.25. The maximum Gasteiger partial charge on any atom is 0.257 e. The Kier molecular flexibility index (Phi) is 6.05. The largest absolute Gasteiger partial charge is 0.486 e. The lowest BCUT2D eigenvalue weighted by Gasteiger charge is -2.18. The van der Waals surface area contributed by atoms with Gasteiger partial charge in [-0.2, -0.15) is 0 Å². The Morgan fingerprint density at radius 1 is 0.971 bits per heavy atom. The van der Waals surface area contributed by atoms with E-state index < -0.39 is 0 Å². The first-order chi connectivity index (χ1) is 16.5. The third kappa shape index (κ3) is 4.81. The van der Waals surface area contributed by atoms with Gasteiger partial charge in [0.1, 0.15) is 13.2 Å². The van der Waals surface area contributed by atoms with Crippen molar-refractivity contribution < 1.29 is 19.1 Å². The number of benzene rings is 2. The summed E-state index contributed by atoms with van der Waals surface area (Å²) >= 11 is 1.23. The number of anilines is 2. The van der Waals surface area contributed by atoms with Gasteiger partial charge in [-0.1, -0.05) is 23.9 Å². The second-order valence-corrected chi connectivity index (χ2v) is 8.59. The van der Waals surface area contributed by atoms with E-state index in [0.717, 1.165) is 11.3 Å². The summed E-state index contributed by atoms with van der Waals surface area (Å²) < 4.78 is 12.7. The molecule has 0 aliphatic carbocycles. The molecule has 34 heavy (non-hydrogen) atoms. The minimum Gasteiger partial charge on any atom is -0.486 e. The summed E-state index contributed by atoms with van der Waals surface area (Å²) in [5.41, 5.74) is 3.44. The number of carbonyl (C=O) groups excluding carboxylic acids is 2. The fraction of sp³-hybridized carbons (Fsp3) is 0.167. The van der Waals surface area contributed by atoms with Gasteiger partial charge in [-0.25, -0.2) is 0 Å². The van der Waals surface area contributed by atoms with Crippen molar-refractivity contribution in [2.45, 2.75) is 12.1 Å². The molecule has 4 aromatic rings. The SMILES string of the molecule is Cc1cccc(NC(=O)c2ccc3nnc(SCC(=O)Nc4ccc5c(c4)OCCO5)n3c2)c1. The number of nitrogens with one attached hydrogen (secondary N) is 2. The van der Waals surface area contributed by atoms with Crippen LogP contribution in [0.2, 0.25) is 0 Å². The third-order valence-electron chi connectivity index (χ3n) is 5.07. The number of pyridine rings is 1. The Hall–Kier alpha value is -4.05. The Bertz CT molecular complexity index is 1390. The van der Waals surface area contributed by atoms with Crippen molar-refractivity contribution in [3.05, 3.63) is 71.9 Å². The summed E-state index contributed by atoms with van der Waals surface area (Å²) in [6.07, 6.45) is 1.67. The summed E-state index contributed by atoms with van der Waals surface area (Å²) in [5.74, 6) is 0.947. The number of ether oxygens (including phenoxy) is 2. The zero-order valence-corrected chi connectivity index (χ0v) is 19.1. The Balaban J connectivity index is 1.25. The number of aryl methyl sites for hydroxylation is 1. The number of amides is 2. The molecule has 2 aromatic heterocycles. The van der Waals surface area contributed by atoms with Crippen LogP contribution in [0.5, 0.6) is 11.5 Å². The monoisotopic (exact) mass is 475 g/mol. The topological polar surface area (TPSA) is 107 Å². The number of rotatable bonds is 6. The van der Waals surface area contributed by atoms with Crippen LogP contribution >= 0.6 is 11.8 Å². The summed E-state index contributed by atoms with van der Waals surface area (Å²) in [6, 6.07) is 16.3. The van der Waals surface area contributed by atoms with Crippen LogP contribution in [0, 0.1) is 6.92 Å². The van der Waals surface area contributed by atoms with Gasteiger partial charge in [0.15, 0.2) is 22.3 Å². The fourth-order valence-electron chi connectivity index (χ4n) is 3.48. The molecule has 0 atom stereocenters. The molecule has 0 fully saturated rings. The smallest absolute Gasteiger partial charge is 0.257 e. The van der Waals surface area contributed by atoms with E-state index in [2.05, 4.69) is 20.8 Å². The molecule has 3 heterocycles. The highest BCUT2D eigenvalue weighted by atomic mass is 32.2. The standard InChI is InChI=1S/C24H21N5O4S/c1-15-3-2-4-17(11-15)26-23(31)16-5-8-21-27-28-24(29(21)13-16)34-14-22(30)25-18-6-7-19-20(12-18)33-10-9-32-19/h2-8,11-13H,9-10,14H2,1H3,(H,25,30)(H,26,31). The van der Waals surface area contributed by atoms with Crippen LogP contribution in [-0.4, -0.2) is 45.4 Å². The van der Waals surface area contributed by atoms with Crippen molar-refractivity contribution in [3.63, 3.8) is 0 Å². The molecule has 0 saturated carbocycles. The van der Waals surface area contributed by atoms with Crippen LogP contribution in [0.1, 0.15) is 15.9 Å². The molecular weight excluding hydrogens is 454 g/mol. The molecule has 0 unspecified atom stereocenters. The molecule has 172 valence electrons.